The molecule has 0 saturated heterocycles. The predicted molar refractivity (Wildman–Crippen MR) is 52.0 cm³/mol. The Morgan fingerprint density at radius 3 is 2.92 bits per heavy atom. The van der Waals surface area contributed by atoms with Gasteiger partial charge < -0.3 is 0 Å². The number of carbonyl (C=O) groups excluding carboxylic acids is 1. The van der Waals surface area contributed by atoms with E-state index in [1.165, 1.54) is 4.88 Å². The Hall–Kier alpha value is -1.42. The first-order valence-electron chi connectivity index (χ1n) is 3.87. The largest absolute Gasteiger partial charge is 0.296 e. The molecule has 0 spiro atoms. The first-order chi connectivity index (χ1) is 6.29. The maximum absolute atomic E-state index is 10.4. The summed E-state index contributed by atoms with van der Waals surface area (Å²) in [6.45, 7) is 2.04. The highest BCUT2D eigenvalue weighted by atomic mass is 32.1. The van der Waals surface area contributed by atoms with Gasteiger partial charge in [-0.05, 0) is 25.1 Å². The van der Waals surface area contributed by atoms with Crippen LogP contribution in [0.5, 0.6) is 0 Å². The highest BCUT2D eigenvalue weighted by Gasteiger charge is 2.04. The smallest absolute Gasteiger partial charge is 0.167 e. The quantitative estimate of drug-likeness (QED) is 0.742. The van der Waals surface area contributed by atoms with Crippen LogP contribution < -0.4 is 0 Å². The third-order valence-electron chi connectivity index (χ3n) is 1.72. The molecule has 0 atom stereocenters. The summed E-state index contributed by atoms with van der Waals surface area (Å²) in [5.74, 6) is 0. The van der Waals surface area contributed by atoms with Crippen molar-refractivity contribution in [2.24, 2.45) is 0 Å². The number of hydrogen-bond donors (Lipinski definition) is 1. The van der Waals surface area contributed by atoms with Crippen LogP contribution in [0.15, 0.2) is 18.2 Å². The van der Waals surface area contributed by atoms with Gasteiger partial charge in [-0.25, -0.2) is 0 Å². The van der Waals surface area contributed by atoms with Crippen LogP contribution in [-0.2, 0) is 0 Å². The Morgan fingerprint density at radius 1 is 1.54 bits per heavy atom. The van der Waals surface area contributed by atoms with Crippen LogP contribution in [0.1, 0.15) is 15.4 Å². The molecule has 0 fully saturated rings. The van der Waals surface area contributed by atoms with Gasteiger partial charge in [0.05, 0.1) is 10.6 Å². The molecular weight excluding hydrogens is 184 g/mol. The van der Waals surface area contributed by atoms with E-state index in [0.717, 1.165) is 16.9 Å². The highest BCUT2D eigenvalue weighted by molar-refractivity contribution is 7.15. The van der Waals surface area contributed by atoms with E-state index in [4.69, 9.17) is 0 Å². The van der Waals surface area contributed by atoms with Crippen LogP contribution in [0.2, 0.25) is 0 Å². The van der Waals surface area contributed by atoms with Gasteiger partial charge in [-0.3, -0.25) is 9.89 Å². The molecule has 2 aromatic rings. The zero-order chi connectivity index (χ0) is 9.26. The first kappa shape index (κ1) is 8.19. The lowest BCUT2D eigenvalue weighted by molar-refractivity contribution is 0.111. The summed E-state index contributed by atoms with van der Waals surface area (Å²) in [7, 11) is 0. The molecule has 2 heterocycles. The lowest BCUT2D eigenvalue weighted by Crippen LogP contribution is -1.75. The molecule has 0 aliphatic heterocycles. The van der Waals surface area contributed by atoms with Crippen LogP contribution >= 0.6 is 11.3 Å². The Bertz CT molecular complexity index is 430. The molecule has 0 aliphatic carbocycles. The molecule has 13 heavy (non-hydrogen) atoms. The standard InChI is InChI=1S/C9H8N2OS/c1-6-2-3-9(13-6)8-4-7(5-12)10-11-8/h2-5H,1H3,(H,10,11). The molecule has 0 aliphatic rings. The third kappa shape index (κ3) is 1.53. The van der Waals surface area contributed by atoms with Crippen molar-refractivity contribution in [3.8, 4) is 10.6 Å². The average molecular weight is 192 g/mol. The van der Waals surface area contributed by atoms with E-state index in [9.17, 15) is 4.79 Å². The summed E-state index contributed by atoms with van der Waals surface area (Å²) in [5, 5.41) is 6.68. The van der Waals surface area contributed by atoms with Crippen LogP contribution in [0, 0.1) is 6.92 Å². The van der Waals surface area contributed by atoms with Crippen molar-refractivity contribution in [1.29, 1.82) is 0 Å². The monoisotopic (exact) mass is 192 g/mol. The number of rotatable bonds is 2. The number of aromatic nitrogens is 2. The molecule has 2 aromatic heterocycles. The van der Waals surface area contributed by atoms with Crippen molar-refractivity contribution < 1.29 is 4.79 Å². The van der Waals surface area contributed by atoms with E-state index >= 15 is 0 Å². The van der Waals surface area contributed by atoms with Gasteiger partial charge >= 0.3 is 0 Å². The fourth-order valence-corrected chi connectivity index (χ4v) is 1.92. The number of carbonyl (C=O) groups is 1. The summed E-state index contributed by atoms with van der Waals surface area (Å²) in [5.41, 5.74) is 1.35. The molecule has 0 unspecified atom stereocenters. The van der Waals surface area contributed by atoms with Crippen LogP contribution in [0.3, 0.4) is 0 Å². The van der Waals surface area contributed by atoms with Gasteiger partial charge in [-0.1, -0.05) is 0 Å². The van der Waals surface area contributed by atoms with E-state index < -0.39 is 0 Å². The van der Waals surface area contributed by atoms with E-state index in [0.29, 0.717) is 5.69 Å². The molecule has 0 amide bonds. The zero-order valence-electron chi connectivity index (χ0n) is 7.07. The predicted octanol–water partition coefficient (Wildman–Crippen LogP) is 2.26. The fourth-order valence-electron chi connectivity index (χ4n) is 1.10. The van der Waals surface area contributed by atoms with Crippen molar-refractivity contribution in [3.63, 3.8) is 0 Å². The maximum Gasteiger partial charge on any atom is 0.167 e. The number of nitrogens with zero attached hydrogens (tertiary/aromatic N) is 1. The Morgan fingerprint density at radius 2 is 2.38 bits per heavy atom. The van der Waals surface area contributed by atoms with Crippen molar-refractivity contribution in [1.82, 2.24) is 10.2 Å². The van der Waals surface area contributed by atoms with Crippen molar-refractivity contribution >= 4 is 17.6 Å². The number of aromatic amines is 1. The van der Waals surface area contributed by atoms with Crippen molar-refractivity contribution in [3.05, 3.63) is 28.8 Å². The Labute approximate surface area is 79.4 Å². The topological polar surface area (TPSA) is 45.8 Å². The molecular formula is C9H8N2OS. The van der Waals surface area contributed by atoms with Gasteiger partial charge in [0.25, 0.3) is 0 Å². The van der Waals surface area contributed by atoms with Crippen molar-refractivity contribution in [2.45, 2.75) is 6.92 Å². The Kier molecular flexibility index (Phi) is 1.98. The SMILES string of the molecule is Cc1ccc(-c2cc(C=O)[nH]n2)s1. The van der Waals surface area contributed by atoms with E-state index in [1.807, 2.05) is 19.1 Å². The van der Waals surface area contributed by atoms with Crippen LogP contribution in [0.4, 0.5) is 0 Å². The summed E-state index contributed by atoms with van der Waals surface area (Å²) in [6, 6.07) is 5.79. The van der Waals surface area contributed by atoms with E-state index in [-0.39, 0.29) is 0 Å². The molecule has 1 N–H and O–H groups in total. The van der Waals surface area contributed by atoms with E-state index in [2.05, 4.69) is 10.2 Å². The maximum atomic E-state index is 10.4. The summed E-state index contributed by atoms with van der Waals surface area (Å²) in [4.78, 5) is 12.7. The number of nitrogens with one attached hydrogen (secondary N) is 1. The molecule has 3 nitrogen and oxygen atoms in total. The number of aldehydes is 1. The summed E-state index contributed by atoms with van der Waals surface area (Å²) in [6.07, 6.45) is 0.761. The molecule has 0 aromatic carbocycles. The van der Waals surface area contributed by atoms with Crippen LogP contribution in [0.25, 0.3) is 10.6 Å². The van der Waals surface area contributed by atoms with Gasteiger partial charge in [-0.15, -0.1) is 11.3 Å². The van der Waals surface area contributed by atoms with E-state index in [1.54, 1.807) is 17.4 Å². The van der Waals surface area contributed by atoms with Crippen LogP contribution in [-0.4, -0.2) is 16.5 Å². The lowest BCUT2D eigenvalue weighted by Gasteiger charge is -1.84. The second kappa shape index (κ2) is 3.14. The number of thiophene rings is 1. The minimum atomic E-state index is 0.515. The second-order valence-electron chi connectivity index (χ2n) is 2.74. The molecule has 66 valence electrons. The summed E-state index contributed by atoms with van der Waals surface area (Å²) < 4.78 is 0. The van der Waals surface area contributed by atoms with Gasteiger partial charge in [-0.2, -0.15) is 5.10 Å². The fraction of sp³-hybridized carbons (Fsp3) is 0.111. The minimum Gasteiger partial charge on any atom is -0.296 e. The minimum absolute atomic E-state index is 0.515. The van der Waals surface area contributed by atoms with Gasteiger partial charge in [0.1, 0.15) is 5.69 Å². The molecule has 0 saturated carbocycles. The number of H-pyrrole nitrogens is 1. The zero-order valence-corrected chi connectivity index (χ0v) is 7.89. The third-order valence-corrected chi connectivity index (χ3v) is 2.74. The molecule has 0 bridgehead atoms. The van der Waals surface area contributed by atoms with Gasteiger partial charge in [0.2, 0.25) is 0 Å². The van der Waals surface area contributed by atoms with Crippen molar-refractivity contribution in [2.75, 3.05) is 0 Å². The Balaban J connectivity index is 2.40. The van der Waals surface area contributed by atoms with Gasteiger partial charge in [0, 0.05) is 4.88 Å². The highest BCUT2D eigenvalue weighted by Crippen LogP contribution is 2.25. The average Bonchev–Trinajstić information content (AvgIpc) is 2.71. The normalized spacial score (nSPS) is 10.2. The van der Waals surface area contributed by atoms with Gasteiger partial charge in [0.15, 0.2) is 6.29 Å². The number of aryl methyl sites for hydroxylation is 1. The summed E-state index contributed by atoms with van der Waals surface area (Å²) >= 11 is 1.67. The molecule has 4 heteroatoms. The molecule has 2 rings (SSSR count). The number of hydrogen-bond acceptors (Lipinski definition) is 3. The lowest BCUT2D eigenvalue weighted by atomic mass is 10.3. The first-order valence-corrected chi connectivity index (χ1v) is 4.68. The molecule has 0 radical (unpaired) electrons. The second-order valence-corrected chi connectivity index (χ2v) is 4.02.